The number of rotatable bonds is 3. The fourth-order valence-electron chi connectivity index (χ4n) is 1.86. The van der Waals surface area contributed by atoms with Gasteiger partial charge in [-0.25, -0.2) is 0 Å². The van der Waals surface area contributed by atoms with Gasteiger partial charge >= 0.3 is 103 Å². The summed E-state index contributed by atoms with van der Waals surface area (Å²) in [6.45, 7) is -0.381. The van der Waals surface area contributed by atoms with Crippen molar-refractivity contribution in [1.82, 2.24) is 0 Å². The van der Waals surface area contributed by atoms with Gasteiger partial charge in [0.05, 0.1) is 0 Å². The Morgan fingerprint density at radius 1 is 1.47 bits per heavy atom. The van der Waals surface area contributed by atoms with Gasteiger partial charge in [0, 0.05) is 0 Å². The third kappa shape index (κ3) is 2.18. The van der Waals surface area contributed by atoms with Crippen molar-refractivity contribution in [2.75, 3.05) is 6.61 Å². The van der Waals surface area contributed by atoms with Crippen molar-refractivity contribution < 1.29 is 24.9 Å². The first-order valence-corrected chi connectivity index (χ1v) is 6.90. The van der Waals surface area contributed by atoms with Crippen LogP contribution >= 0.6 is 0 Å². The van der Waals surface area contributed by atoms with Crippen molar-refractivity contribution in [3.8, 4) is 0 Å². The summed E-state index contributed by atoms with van der Waals surface area (Å²) < 4.78 is 5.98. The minimum atomic E-state index is -1.15. The Morgan fingerprint density at radius 2 is 2.18 bits per heavy atom. The number of hydrogen-bond acceptors (Lipinski definition) is 5. The Morgan fingerprint density at radius 3 is 2.71 bits per heavy atom. The topological polar surface area (TPSA) is 113 Å². The zero-order chi connectivity index (χ0) is 12.6. The SMILES string of the molecule is NC(=O)c1cc[se]c1[C@@H]1O[C@H](CO)[C@@H](O)[C@H]1O. The molecule has 4 atom stereocenters. The molecule has 0 spiro atoms. The summed E-state index contributed by atoms with van der Waals surface area (Å²) in [5.74, 6) is -0.576. The van der Waals surface area contributed by atoms with E-state index in [4.69, 9.17) is 15.6 Å². The Kier molecular flexibility index (Phi) is 3.67. The average molecular weight is 306 g/mol. The molecule has 0 saturated carbocycles. The molecule has 1 amide bonds. The average Bonchev–Trinajstić information content (AvgIpc) is 2.86. The number of aliphatic hydroxyl groups excluding tert-OH is 3. The van der Waals surface area contributed by atoms with Gasteiger partial charge in [0.15, 0.2) is 0 Å². The molecule has 0 aromatic carbocycles. The van der Waals surface area contributed by atoms with E-state index in [0.29, 0.717) is 10.0 Å². The fourth-order valence-corrected chi connectivity index (χ4v) is 3.91. The molecule has 1 aromatic heterocycles. The predicted molar refractivity (Wildman–Crippen MR) is 58.6 cm³/mol. The molecule has 0 unspecified atom stereocenters. The fraction of sp³-hybridized carbons (Fsp3) is 0.500. The first-order chi connectivity index (χ1) is 8.06. The summed E-state index contributed by atoms with van der Waals surface area (Å²) in [6, 6.07) is 1.60. The second kappa shape index (κ2) is 4.89. The molecular weight excluding hydrogens is 293 g/mol. The molecule has 2 rings (SSSR count). The summed E-state index contributed by atoms with van der Waals surface area (Å²) in [4.78, 5) is 13.0. The quantitative estimate of drug-likeness (QED) is 0.482. The van der Waals surface area contributed by atoms with Gasteiger partial charge in [0.2, 0.25) is 0 Å². The number of aliphatic hydroxyl groups is 3. The van der Waals surface area contributed by atoms with Crippen molar-refractivity contribution in [3.05, 3.63) is 21.0 Å². The molecule has 5 N–H and O–H groups in total. The number of ether oxygens (including phenoxy) is 1. The van der Waals surface area contributed by atoms with Gasteiger partial charge in [-0.1, -0.05) is 0 Å². The molecule has 2 heterocycles. The molecule has 94 valence electrons. The minimum absolute atomic E-state index is 0.125. The molecule has 1 saturated heterocycles. The monoisotopic (exact) mass is 307 g/mol. The van der Waals surface area contributed by atoms with Crippen LogP contribution in [-0.4, -0.2) is 60.6 Å². The Bertz CT molecular complexity index is 421. The van der Waals surface area contributed by atoms with Crippen LogP contribution < -0.4 is 5.73 Å². The Balaban J connectivity index is 2.29. The molecule has 0 aliphatic carbocycles. The second-order valence-electron chi connectivity index (χ2n) is 3.82. The summed E-state index contributed by atoms with van der Waals surface area (Å²) in [7, 11) is 0. The number of amides is 1. The van der Waals surface area contributed by atoms with Gasteiger partial charge in [-0.2, -0.15) is 0 Å². The van der Waals surface area contributed by atoms with Crippen LogP contribution in [0.1, 0.15) is 20.9 Å². The number of nitrogens with two attached hydrogens (primary N) is 1. The summed E-state index contributed by atoms with van der Waals surface area (Å²) >= 11 is -0.125. The van der Waals surface area contributed by atoms with Gasteiger partial charge in [-0.15, -0.1) is 0 Å². The zero-order valence-electron chi connectivity index (χ0n) is 8.81. The molecule has 17 heavy (non-hydrogen) atoms. The van der Waals surface area contributed by atoms with Crippen LogP contribution in [0, 0.1) is 0 Å². The molecule has 0 radical (unpaired) electrons. The van der Waals surface area contributed by atoms with Crippen molar-refractivity contribution in [3.63, 3.8) is 0 Å². The third-order valence-electron chi connectivity index (χ3n) is 2.76. The maximum absolute atomic E-state index is 11.2. The van der Waals surface area contributed by atoms with Gasteiger partial charge in [-0.05, 0) is 0 Å². The molecule has 6 nitrogen and oxygen atoms in total. The normalized spacial score (nSPS) is 32.9. The van der Waals surface area contributed by atoms with Crippen molar-refractivity contribution in [1.29, 1.82) is 0 Å². The van der Waals surface area contributed by atoms with Crippen LogP contribution in [0.25, 0.3) is 0 Å². The molecule has 1 fully saturated rings. The second-order valence-corrected chi connectivity index (χ2v) is 5.81. The first-order valence-electron chi connectivity index (χ1n) is 5.06. The number of primary amides is 1. The van der Waals surface area contributed by atoms with E-state index < -0.39 is 30.3 Å². The van der Waals surface area contributed by atoms with E-state index in [2.05, 4.69) is 0 Å². The zero-order valence-corrected chi connectivity index (χ0v) is 10.5. The molecule has 1 aliphatic rings. The van der Waals surface area contributed by atoms with Gasteiger partial charge < -0.3 is 0 Å². The van der Waals surface area contributed by atoms with Crippen LogP contribution in [0.15, 0.2) is 11.0 Å². The van der Waals surface area contributed by atoms with Crippen LogP contribution in [0.3, 0.4) is 0 Å². The number of carbonyl (C=O) groups is 1. The van der Waals surface area contributed by atoms with E-state index >= 15 is 0 Å². The van der Waals surface area contributed by atoms with E-state index in [1.807, 2.05) is 0 Å². The van der Waals surface area contributed by atoms with Crippen molar-refractivity contribution in [2.45, 2.75) is 24.4 Å². The standard InChI is InChI=1S/C10H13NO5Se/c11-10(15)4-1-2-17-9(4)8-7(14)6(13)5(3-12)16-8/h1-2,5-8,12-14H,3H2,(H2,11,15)/t5-,6-,7-,8-/m1/s1. The molecule has 0 bridgehead atoms. The molecule has 1 aliphatic heterocycles. The van der Waals surface area contributed by atoms with E-state index in [1.54, 1.807) is 11.0 Å². The van der Waals surface area contributed by atoms with Gasteiger partial charge in [-0.3, -0.25) is 0 Å². The summed E-state index contributed by atoms with van der Waals surface area (Å²) in [6.07, 6.45) is -3.88. The van der Waals surface area contributed by atoms with E-state index in [9.17, 15) is 15.0 Å². The molecule has 1 aromatic rings. The van der Waals surface area contributed by atoms with Crippen LogP contribution in [0.5, 0.6) is 0 Å². The molecular formula is C10H13NO5Se. The van der Waals surface area contributed by atoms with Crippen molar-refractivity contribution in [2.24, 2.45) is 5.73 Å². The van der Waals surface area contributed by atoms with E-state index in [-0.39, 0.29) is 21.1 Å². The number of hydrogen-bond donors (Lipinski definition) is 4. The number of carbonyl (C=O) groups excluding carboxylic acids is 1. The maximum atomic E-state index is 11.2. The van der Waals surface area contributed by atoms with Crippen molar-refractivity contribution >= 4 is 20.4 Å². The van der Waals surface area contributed by atoms with Crippen LogP contribution in [0.4, 0.5) is 0 Å². The summed E-state index contributed by atoms with van der Waals surface area (Å²) in [5, 5.41) is 28.4. The van der Waals surface area contributed by atoms with Gasteiger partial charge in [0.1, 0.15) is 0 Å². The third-order valence-corrected chi connectivity index (χ3v) is 4.81. The predicted octanol–water partition coefficient (Wildman–Crippen LogP) is -2.00. The van der Waals surface area contributed by atoms with Gasteiger partial charge in [0.25, 0.3) is 0 Å². The Hall–Kier alpha value is -0.691. The molecule has 7 heteroatoms. The van der Waals surface area contributed by atoms with Crippen LogP contribution in [0.2, 0.25) is 0 Å². The Labute approximate surface area is 103 Å². The summed E-state index contributed by atoms with van der Waals surface area (Å²) in [5.41, 5.74) is 5.55. The van der Waals surface area contributed by atoms with Crippen LogP contribution in [-0.2, 0) is 4.74 Å². The first kappa shape index (κ1) is 12.8. The van der Waals surface area contributed by atoms with E-state index in [0.717, 1.165) is 0 Å². The van der Waals surface area contributed by atoms with E-state index in [1.165, 1.54) is 0 Å².